The number of hydrogen-bond acceptors (Lipinski definition) is 6. The molecule has 1 N–H and O–H groups in total. The van der Waals surface area contributed by atoms with Gasteiger partial charge >= 0.3 is 5.97 Å². The fourth-order valence-electron chi connectivity index (χ4n) is 5.41. The molecule has 0 aliphatic rings. The third kappa shape index (κ3) is 8.35. The van der Waals surface area contributed by atoms with Crippen LogP contribution >= 0.6 is 11.8 Å². The first-order chi connectivity index (χ1) is 22.4. The van der Waals surface area contributed by atoms with Gasteiger partial charge in [0.05, 0.1) is 23.4 Å². The highest BCUT2D eigenvalue weighted by molar-refractivity contribution is 8.00. The lowest BCUT2D eigenvalue weighted by atomic mass is 9.88. The molecule has 0 spiro atoms. The number of carboxylic acids is 1. The quantitative estimate of drug-likeness (QED) is 0.127. The Bertz CT molecular complexity index is 1840. The van der Waals surface area contributed by atoms with E-state index in [2.05, 4.69) is 84.7 Å². The van der Waals surface area contributed by atoms with Gasteiger partial charge in [-0.25, -0.2) is 0 Å². The smallest absolute Gasteiger partial charge is 0.309 e. The SMILES string of the molecule is CCOc1ccnc(-c2ccc(Cn3c(CC(C)(C)C(=O)O)c(SC(C)(C)C)c4cc(OCc5ccc(CC)cn5)ccc43)cc2)c1. The van der Waals surface area contributed by atoms with Crippen molar-refractivity contribution >= 4 is 28.6 Å². The van der Waals surface area contributed by atoms with Gasteiger partial charge in [-0.3, -0.25) is 14.8 Å². The van der Waals surface area contributed by atoms with Crippen molar-refractivity contribution in [2.24, 2.45) is 5.41 Å². The average Bonchev–Trinajstić information content (AvgIpc) is 3.30. The van der Waals surface area contributed by atoms with Crippen molar-refractivity contribution in [3.05, 3.63) is 102 Å². The lowest BCUT2D eigenvalue weighted by Crippen LogP contribution is -2.28. The van der Waals surface area contributed by atoms with Crippen LogP contribution < -0.4 is 9.47 Å². The molecule has 0 atom stereocenters. The van der Waals surface area contributed by atoms with Gasteiger partial charge in [0, 0.05) is 63.2 Å². The van der Waals surface area contributed by atoms with E-state index in [1.54, 1.807) is 31.8 Å². The Hall–Kier alpha value is -4.30. The van der Waals surface area contributed by atoms with Gasteiger partial charge in [-0.2, -0.15) is 0 Å². The fourth-order valence-corrected chi connectivity index (χ4v) is 6.60. The zero-order valence-corrected chi connectivity index (χ0v) is 29.3. The monoisotopic (exact) mass is 651 g/mol. The van der Waals surface area contributed by atoms with Gasteiger partial charge in [-0.15, -0.1) is 11.8 Å². The van der Waals surface area contributed by atoms with Gasteiger partial charge in [0.25, 0.3) is 0 Å². The number of aliphatic carboxylic acids is 1. The zero-order chi connectivity index (χ0) is 33.8. The predicted molar refractivity (Wildman–Crippen MR) is 191 cm³/mol. The summed E-state index contributed by atoms with van der Waals surface area (Å²) >= 11 is 1.77. The number of aromatic nitrogens is 3. The standard InChI is InChI=1S/C39H45N3O4S/c1-8-26-12-15-29(41-23-26)25-46-30-16-17-34-32(20-30)36(47-38(3,4)5)35(22-39(6,7)37(43)44)42(34)24-27-10-13-28(14-11-27)33-21-31(45-9-2)18-19-40-33/h10-21,23H,8-9,22,24-25H2,1-7H3,(H,43,44). The van der Waals surface area contributed by atoms with E-state index >= 15 is 0 Å². The normalized spacial score (nSPS) is 12.0. The molecule has 246 valence electrons. The molecule has 0 amide bonds. The first-order valence-electron chi connectivity index (χ1n) is 16.2. The maximum Gasteiger partial charge on any atom is 0.309 e. The topological polar surface area (TPSA) is 86.5 Å². The molecule has 3 heterocycles. The van der Waals surface area contributed by atoms with E-state index < -0.39 is 11.4 Å². The predicted octanol–water partition coefficient (Wildman–Crippen LogP) is 9.23. The van der Waals surface area contributed by atoms with Crippen LogP contribution in [-0.2, 0) is 30.8 Å². The first kappa shape index (κ1) is 34.0. The molecule has 0 saturated heterocycles. The van der Waals surface area contributed by atoms with Crippen LogP contribution in [0.3, 0.4) is 0 Å². The van der Waals surface area contributed by atoms with E-state index in [9.17, 15) is 9.90 Å². The number of pyridine rings is 2. The highest BCUT2D eigenvalue weighted by Crippen LogP contribution is 2.44. The van der Waals surface area contributed by atoms with Crippen molar-refractivity contribution < 1.29 is 19.4 Å². The Kier molecular flexibility index (Phi) is 10.3. The van der Waals surface area contributed by atoms with E-state index in [0.29, 0.717) is 26.2 Å². The summed E-state index contributed by atoms with van der Waals surface area (Å²) in [6, 6.07) is 22.5. The molecule has 5 aromatic rings. The second kappa shape index (κ2) is 14.2. The highest BCUT2D eigenvalue weighted by Gasteiger charge is 2.33. The van der Waals surface area contributed by atoms with E-state index in [-0.39, 0.29) is 4.75 Å². The van der Waals surface area contributed by atoms with E-state index in [1.165, 1.54) is 5.56 Å². The van der Waals surface area contributed by atoms with Gasteiger partial charge in [-0.1, -0.05) is 58.0 Å². The van der Waals surface area contributed by atoms with Crippen LogP contribution in [0.4, 0.5) is 0 Å². The largest absolute Gasteiger partial charge is 0.494 e. The minimum atomic E-state index is -0.962. The molecule has 8 heteroatoms. The number of carboxylic acid groups (broad SMARTS) is 1. The summed E-state index contributed by atoms with van der Waals surface area (Å²) in [5, 5.41) is 11.2. The van der Waals surface area contributed by atoms with Gasteiger partial charge in [0.2, 0.25) is 0 Å². The van der Waals surface area contributed by atoms with Gasteiger partial charge in [-0.05, 0) is 68.7 Å². The highest BCUT2D eigenvalue weighted by atomic mass is 32.2. The summed E-state index contributed by atoms with van der Waals surface area (Å²) in [4.78, 5) is 22.6. The Morgan fingerprint density at radius 1 is 0.872 bits per heavy atom. The zero-order valence-electron chi connectivity index (χ0n) is 28.5. The molecular weight excluding hydrogens is 607 g/mol. The number of aryl methyl sites for hydroxylation is 1. The number of nitrogens with zero attached hydrogens (tertiary/aromatic N) is 3. The lowest BCUT2D eigenvalue weighted by molar-refractivity contribution is -0.146. The van der Waals surface area contributed by atoms with Gasteiger partial charge in [0.1, 0.15) is 18.1 Å². The third-order valence-electron chi connectivity index (χ3n) is 8.00. The first-order valence-corrected chi connectivity index (χ1v) is 17.0. The van der Waals surface area contributed by atoms with Crippen molar-refractivity contribution in [2.45, 2.75) is 84.1 Å². The van der Waals surface area contributed by atoms with Crippen molar-refractivity contribution in [1.82, 2.24) is 14.5 Å². The van der Waals surface area contributed by atoms with Crippen LogP contribution in [0.2, 0.25) is 0 Å². The number of carbonyl (C=O) groups is 1. The van der Waals surface area contributed by atoms with Crippen LogP contribution in [-0.4, -0.2) is 37.0 Å². The van der Waals surface area contributed by atoms with Crippen molar-refractivity contribution in [2.75, 3.05) is 6.61 Å². The molecule has 0 aliphatic heterocycles. The molecule has 3 aromatic heterocycles. The number of thioether (sulfide) groups is 1. The summed E-state index contributed by atoms with van der Waals surface area (Å²) in [5.74, 6) is 0.726. The molecule has 2 aromatic carbocycles. The summed E-state index contributed by atoms with van der Waals surface area (Å²) < 4.78 is 14.1. The second-order valence-corrected chi connectivity index (χ2v) is 15.3. The minimum absolute atomic E-state index is 0.103. The summed E-state index contributed by atoms with van der Waals surface area (Å²) in [6.45, 7) is 15.8. The average molecular weight is 652 g/mol. The molecule has 0 radical (unpaired) electrons. The molecule has 47 heavy (non-hydrogen) atoms. The molecule has 7 nitrogen and oxygen atoms in total. The van der Waals surface area contributed by atoms with E-state index in [0.717, 1.165) is 61.9 Å². The van der Waals surface area contributed by atoms with Crippen LogP contribution in [0.25, 0.3) is 22.2 Å². The van der Waals surface area contributed by atoms with Gasteiger partial charge in [0.15, 0.2) is 0 Å². The van der Waals surface area contributed by atoms with Crippen molar-refractivity contribution in [3.8, 4) is 22.8 Å². The summed E-state index contributed by atoms with van der Waals surface area (Å²) in [7, 11) is 0. The lowest BCUT2D eigenvalue weighted by Gasteiger charge is -2.24. The number of benzene rings is 2. The van der Waals surface area contributed by atoms with Gasteiger partial charge < -0.3 is 19.1 Å². The number of rotatable bonds is 13. The van der Waals surface area contributed by atoms with Crippen LogP contribution in [0.15, 0.2) is 84.0 Å². The Morgan fingerprint density at radius 3 is 2.23 bits per heavy atom. The Balaban J connectivity index is 1.55. The summed E-state index contributed by atoms with van der Waals surface area (Å²) in [5.41, 5.74) is 6.12. The maximum absolute atomic E-state index is 12.4. The molecule has 0 saturated carbocycles. The molecular formula is C39H45N3O4S. The molecule has 0 unspecified atom stereocenters. The van der Waals surface area contributed by atoms with Crippen LogP contribution in [0.5, 0.6) is 11.5 Å². The third-order valence-corrected chi connectivity index (χ3v) is 9.27. The Labute approximate surface area is 282 Å². The minimum Gasteiger partial charge on any atom is -0.494 e. The maximum atomic E-state index is 12.4. The van der Waals surface area contributed by atoms with Crippen molar-refractivity contribution in [3.63, 3.8) is 0 Å². The van der Waals surface area contributed by atoms with E-state index in [1.807, 2.05) is 37.4 Å². The molecule has 0 fully saturated rings. The molecule has 0 bridgehead atoms. The Morgan fingerprint density at radius 2 is 1.60 bits per heavy atom. The number of fused-ring (bicyclic) bond motifs is 1. The van der Waals surface area contributed by atoms with Crippen LogP contribution in [0.1, 0.15) is 71.0 Å². The molecule has 0 aliphatic carbocycles. The summed E-state index contributed by atoms with van der Waals surface area (Å²) in [6.07, 6.45) is 4.99. The number of hydrogen-bond donors (Lipinski definition) is 1. The number of ether oxygens (including phenoxy) is 2. The second-order valence-electron chi connectivity index (χ2n) is 13.4. The van der Waals surface area contributed by atoms with Crippen molar-refractivity contribution in [1.29, 1.82) is 0 Å². The molecule has 5 rings (SSSR count). The van der Waals surface area contributed by atoms with E-state index in [4.69, 9.17) is 9.47 Å². The van der Waals surface area contributed by atoms with Crippen LogP contribution in [0, 0.1) is 5.41 Å². The fraction of sp³-hybridized carbons (Fsp3) is 0.359.